The zero-order valence-corrected chi connectivity index (χ0v) is 18.5. The van der Waals surface area contributed by atoms with Crippen LogP contribution in [0.15, 0.2) is 47.4 Å². The summed E-state index contributed by atoms with van der Waals surface area (Å²) in [6.45, 7) is 9.04. The van der Waals surface area contributed by atoms with Crippen molar-refractivity contribution in [3.05, 3.63) is 48.0 Å². The first-order valence-corrected chi connectivity index (χ1v) is 10.9. The number of aryl methyl sites for hydroxylation is 1. The molecule has 1 fully saturated rings. The summed E-state index contributed by atoms with van der Waals surface area (Å²) >= 11 is 0. The molecule has 1 aliphatic heterocycles. The van der Waals surface area contributed by atoms with Gasteiger partial charge in [-0.05, 0) is 52.8 Å². The molecule has 31 heavy (non-hydrogen) atoms. The second kappa shape index (κ2) is 7.72. The molecule has 11 heteroatoms. The van der Waals surface area contributed by atoms with Crippen LogP contribution in [0.2, 0.25) is 0 Å². The Hall–Kier alpha value is -2.24. The molecule has 0 unspecified atom stereocenters. The summed E-state index contributed by atoms with van der Waals surface area (Å²) in [5.41, 5.74) is -0.514. The number of hydrogen-bond acceptors (Lipinski definition) is 5. The second-order valence-corrected chi connectivity index (χ2v) is 9.99. The molecule has 0 amide bonds. The first-order valence-electron chi connectivity index (χ1n) is 9.44. The van der Waals surface area contributed by atoms with Crippen molar-refractivity contribution < 1.29 is 35.6 Å². The first-order chi connectivity index (χ1) is 14.1. The lowest BCUT2D eigenvalue weighted by Gasteiger charge is -2.32. The van der Waals surface area contributed by atoms with Gasteiger partial charge >= 0.3 is 13.5 Å². The summed E-state index contributed by atoms with van der Waals surface area (Å²) in [5, 5.41) is 0. The molecular formula is C20H23BF3NO5S. The molecule has 0 aromatic heterocycles. The monoisotopic (exact) mass is 457 g/mol. The molecule has 1 aliphatic rings. The summed E-state index contributed by atoms with van der Waals surface area (Å²) in [6.07, 6.45) is -4.93. The lowest BCUT2D eigenvalue weighted by Crippen LogP contribution is -2.41. The van der Waals surface area contributed by atoms with Crippen LogP contribution in [-0.2, 0) is 19.3 Å². The number of rotatable bonds is 5. The molecule has 3 rings (SSSR count). The minimum Gasteiger partial charge on any atom is -0.406 e. The fraction of sp³-hybridized carbons (Fsp3) is 0.400. The lowest BCUT2D eigenvalue weighted by molar-refractivity contribution is -0.274. The lowest BCUT2D eigenvalue weighted by atomic mass is 9.78. The molecule has 1 N–H and O–H groups in total. The summed E-state index contributed by atoms with van der Waals surface area (Å²) in [4.78, 5) is -0.0416. The molecule has 1 saturated heterocycles. The van der Waals surface area contributed by atoms with Gasteiger partial charge in [0, 0.05) is 11.5 Å². The third kappa shape index (κ3) is 5.16. The number of anilines is 1. The molecule has 6 nitrogen and oxygen atoms in total. The van der Waals surface area contributed by atoms with Crippen molar-refractivity contribution >= 4 is 28.3 Å². The van der Waals surface area contributed by atoms with E-state index >= 15 is 0 Å². The van der Waals surface area contributed by atoms with Crippen molar-refractivity contribution in [3.8, 4) is 5.75 Å². The van der Waals surface area contributed by atoms with Gasteiger partial charge in [-0.1, -0.05) is 23.8 Å². The van der Waals surface area contributed by atoms with Gasteiger partial charge in [-0.3, -0.25) is 4.72 Å². The van der Waals surface area contributed by atoms with Crippen LogP contribution in [0.25, 0.3) is 0 Å². The van der Waals surface area contributed by atoms with E-state index in [0.717, 1.165) is 17.7 Å². The average molecular weight is 457 g/mol. The maximum absolute atomic E-state index is 12.9. The zero-order valence-electron chi connectivity index (χ0n) is 17.7. The van der Waals surface area contributed by atoms with Crippen LogP contribution in [0.4, 0.5) is 18.9 Å². The molecule has 0 aliphatic carbocycles. The molecule has 0 bridgehead atoms. The van der Waals surface area contributed by atoms with E-state index in [1.54, 1.807) is 19.1 Å². The Morgan fingerprint density at radius 3 is 2.03 bits per heavy atom. The standard InChI is InChI=1S/C20H23BF3NO5S/c1-13-6-9-15(10-7-13)31(26,27)25-17-12-14(28-20(22,23)24)8-11-16(17)21-29-18(2,3)19(4,5)30-21/h6-12,25H,1-5H3. The Bertz CT molecular complexity index is 1050. The number of benzene rings is 2. The SMILES string of the molecule is Cc1ccc(S(=O)(=O)Nc2cc(OC(F)(F)F)ccc2B2OC(C)(C)C(C)(C)O2)cc1. The fourth-order valence-corrected chi connectivity index (χ4v) is 4.00. The highest BCUT2D eigenvalue weighted by Crippen LogP contribution is 2.37. The smallest absolute Gasteiger partial charge is 0.406 e. The highest BCUT2D eigenvalue weighted by molar-refractivity contribution is 7.92. The number of hydrogen-bond donors (Lipinski definition) is 1. The third-order valence-electron chi connectivity index (χ3n) is 5.34. The molecule has 2 aromatic carbocycles. The Morgan fingerprint density at radius 2 is 1.52 bits per heavy atom. The van der Waals surface area contributed by atoms with E-state index in [0.29, 0.717) is 0 Å². The van der Waals surface area contributed by atoms with E-state index < -0.39 is 40.5 Å². The van der Waals surface area contributed by atoms with Gasteiger partial charge in [0.05, 0.1) is 21.8 Å². The van der Waals surface area contributed by atoms with E-state index in [1.807, 2.05) is 27.7 Å². The average Bonchev–Trinajstić information content (AvgIpc) is 2.81. The molecule has 0 atom stereocenters. The third-order valence-corrected chi connectivity index (χ3v) is 6.72. The van der Waals surface area contributed by atoms with Gasteiger partial charge in [0.2, 0.25) is 0 Å². The summed E-state index contributed by atoms with van der Waals surface area (Å²) in [6, 6.07) is 9.37. The minimum atomic E-state index is -4.93. The van der Waals surface area contributed by atoms with Crippen LogP contribution in [0, 0.1) is 6.92 Å². The van der Waals surface area contributed by atoms with Gasteiger partial charge in [0.25, 0.3) is 10.0 Å². The minimum absolute atomic E-state index is 0.0416. The van der Waals surface area contributed by atoms with Crippen LogP contribution in [-0.4, -0.2) is 33.1 Å². The Kier molecular flexibility index (Phi) is 5.83. The number of halogens is 3. The predicted molar refractivity (Wildman–Crippen MR) is 111 cm³/mol. The number of alkyl halides is 3. The van der Waals surface area contributed by atoms with E-state index in [9.17, 15) is 21.6 Å². The number of ether oxygens (including phenoxy) is 1. The van der Waals surface area contributed by atoms with Crippen molar-refractivity contribution in [1.29, 1.82) is 0 Å². The van der Waals surface area contributed by atoms with Crippen LogP contribution < -0.4 is 14.9 Å². The summed E-state index contributed by atoms with van der Waals surface area (Å²) < 4.78 is 82.1. The molecule has 0 radical (unpaired) electrons. The van der Waals surface area contributed by atoms with Crippen LogP contribution >= 0.6 is 0 Å². The Balaban J connectivity index is 2.03. The first kappa shape index (κ1) is 23.4. The largest absolute Gasteiger partial charge is 0.573 e. The van der Waals surface area contributed by atoms with E-state index in [4.69, 9.17) is 9.31 Å². The second-order valence-electron chi connectivity index (χ2n) is 8.30. The molecule has 0 spiro atoms. The van der Waals surface area contributed by atoms with Crippen LogP contribution in [0.3, 0.4) is 0 Å². The van der Waals surface area contributed by atoms with Crippen LogP contribution in [0.5, 0.6) is 5.75 Å². The normalized spacial score (nSPS) is 18.1. The van der Waals surface area contributed by atoms with Crippen molar-refractivity contribution in [2.24, 2.45) is 0 Å². The van der Waals surface area contributed by atoms with E-state index in [1.165, 1.54) is 18.2 Å². The maximum atomic E-state index is 12.9. The van der Waals surface area contributed by atoms with Crippen molar-refractivity contribution in [1.82, 2.24) is 0 Å². The van der Waals surface area contributed by atoms with Gasteiger partial charge < -0.3 is 14.0 Å². The summed E-state index contributed by atoms with van der Waals surface area (Å²) in [7, 11) is -5.10. The van der Waals surface area contributed by atoms with E-state index in [2.05, 4.69) is 9.46 Å². The zero-order chi connectivity index (χ0) is 23.2. The molecule has 2 aromatic rings. The van der Waals surface area contributed by atoms with Crippen molar-refractivity contribution in [2.45, 2.75) is 57.1 Å². The number of sulfonamides is 1. The number of nitrogens with one attached hydrogen (secondary N) is 1. The highest BCUT2D eigenvalue weighted by Gasteiger charge is 2.52. The van der Waals surface area contributed by atoms with Gasteiger partial charge in [0.1, 0.15) is 5.75 Å². The van der Waals surface area contributed by atoms with Gasteiger partial charge in [-0.2, -0.15) is 0 Å². The maximum Gasteiger partial charge on any atom is 0.573 e. The Morgan fingerprint density at radius 1 is 0.968 bits per heavy atom. The highest BCUT2D eigenvalue weighted by atomic mass is 32.2. The molecule has 168 valence electrons. The Labute approximate surface area is 179 Å². The van der Waals surface area contributed by atoms with Crippen LogP contribution in [0.1, 0.15) is 33.3 Å². The van der Waals surface area contributed by atoms with Gasteiger partial charge in [0.15, 0.2) is 0 Å². The molecule has 1 heterocycles. The fourth-order valence-electron chi connectivity index (χ4n) is 2.92. The summed E-state index contributed by atoms with van der Waals surface area (Å²) in [5.74, 6) is -0.575. The topological polar surface area (TPSA) is 73.9 Å². The van der Waals surface area contributed by atoms with Gasteiger partial charge in [-0.15, -0.1) is 13.2 Å². The van der Waals surface area contributed by atoms with Gasteiger partial charge in [-0.25, -0.2) is 8.42 Å². The molecular weight excluding hydrogens is 434 g/mol. The van der Waals surface area contributed by atoms with E-state index in [-0.39, 0.29) is 16.0 Å². The predicted octanol–water partition coefficient (Wildman–Crippen LogP) is 3.99. The molecule has 0 saturated carbocycles. The van der Waals surface area contributed by atoms with Crippen molar-refractivity contribution in [2.75, 3.05) is 4.72 Å². The van der Waals surface area contributed by atoms with Crippen molar-refractivity contribution in [3.63, 3.8) is 0 Å². The quantitative estimate of drug-likeness (QED) is 0.688.